The third kappa shape index (κ3) is 6.51. The van der Waals surface area contributed by atoms with Crippen molar-refractivity contribution in [2.24, 2.45) is 0 Å². The summed E-state index contributed by atoms with van der Waals surface area (Å²) in [7, 11) is -5.47. The molecule has 0 spiro atoms. The number of allylic oxidation sites excluding steroid dienone is 4. The summed E-state index contributed by atoms with van der Waals surface area (Å²) in [5.74, 6) is 0. The summed E-state index contributed by atoms with van der Waals surface area (Å²) in [6.45, 7) is 29.0. The quantitative estimate of drug-likeness (QED) is 0.202. The summed E-state index contributed by atoms with van der Waals surface area (Å²) in [6.07, 6.45) is 0. The van der Waals surface area contributed by atoms with Crippen LogP contribution in [0.5, 0.6) is 0 Å². The van der Waals surface area contributed by atoms with Crippen LogP contribution in [0.4, 0.5) is 0 Å². The Morgan fingerprint density at radius 3 is 1.12 bits per heavy atom. The van der Waals surface area contributed by atoms with Crippen LogP contribution in [-0.4, -0.2) is 24.2 Å². The second kappa shape index (κ2) is 13.8. The van der Waals surface area contributed by atoms with Crippen molar-refractivity contribution in [3.8, 4) is 0 Å². The van der Waals surface area contributed by atoms with E-state index in [9.17, 15) is 0 Å². The number of benzene rings is 3. The third-order valence-electron chi connectivity index (χ3n) is 9.52. The molecular formula is C35H47Cl3Si3Ti. The van der Waals surface area contributed by atoms with Crippen LogP contribution in [0.25, 0.3) is 0 Å². The molecule has 1 aliphatic rings. The van der Waals surface area contributed by atoms with Gasteiger partial charge in [0.15, 0.2) is 0 Å². The summed E-state index contributed by atoms with van der Waals surface area (Å²) < 4.78 is 1.55. The van der Waals surface area contributed by atoms with Gasteiger partial charge in [-0.1, -0.05) is 0 Å². The third-order valence-corrected chi connectivity index (χ3v) is 21.1. The average Bonchev–Trinajstić information content (AvgIpc) is 2.99. The topological polar surface area (TPSA) is 0 Å². The van der Waals surface area contributed by atoms with Crippen molar-refractivity contribution < 1.29 is 57.7 Å². The Kier molecular flexibility index (Phi) is 12.9. The first-order valence-electron chi connectivity index (χ1n) is 14.4. The molecule has 42 heavy (non-hydrogen) atoms. The minimum atomic E-state index is -2.64. The molecule has 3 aromatic rings. The van der Waals surface area contributed by atoms with Crippen molar-refractivity contribution in [1.82, 2.24) is 0 Å². The van der Waals surface area contributed by atoms with Crippen molar-refractivity contribution in [3.05, 3.63) is 98.5 Å². The van der Waals surface area contributed by atoms with Crippen LogP contribution in [0.2, 0.25) is 44.3 Å². The molecule has 3 aromatic carbocycles. The molecular weight excluding hydrogens is 659 g/mol. The maximum absolute atomic E-state index is 2.64. The fraction of sp³-hybridized carbons (Fsp3) is 0.371. The molecule has 0 fully saturated rings. The SMILES string of the molecule is CC1=C(C)C(C)([Si](c2ccc([Si](C)(C)C)cc2)(c2ccc([Si](C)(C)C)cc2)c2cc(C)cc(C)c2)[C]([Ti+3])=C1C.[Cl-].[Cl-].[Cl-]. The predicted molar refractivity (Wildman–Crippen MR) is 179 cm³/mol. The van der Waals surface area contributed by atoms with Crippen LogP contribution in [0.15, 0.2) is 87.3 Å². The minimum absolute atomic E-state index is 0. The maximum Gasteiger partial charge on any atom is -1.00 e. The van der Waals surface area contributed by atoms with E-state index in [0.29, 0.717) is 0 Å². The van der Waals surface area contributed by atoms with Crippen LogP contribution in [0.3, 0.4) is 0 Å². The molecule has 7 heteroatoms. The molecule has 0 radical (unpaired) electrons. The van der Waals surface area contributed by atoms with Crippen molar-refractivity contribution in [2.75, 3.05) is 0 Å². The van der Waals surface area contributed by atoms with Gasteiger partial charge < -0.3 is 37.2 Å². The Hall–Kier alpha value is -0.625. The molecule has 1 aliphatic carbocycles. The van der Waals surface area contributed by atoms with E-state index in [4.69, 9.17) is 0 Å². The van der Waals surface area contributed by atoms with Crippen LogP contribution in [0, 0.1) is 13.8 Å². The molecule has 1 atom stereocenters. The molecule has 224 valence electrons. The predicted octanol–water partition coefficient (Wildman–Crippen LogP) is -2.19. The summed E-state index contributed by atoms with van der Waals surface area (Å²) >= 11 is 2.42. The Bertz CT molecular complexity index is 1370. The molecule has 0 aromatic heterocycles. The first kappa shape index (κ1) is 39.4. The molecule has 1 unspecified atom stereocenters. The van der Waals surface area contributed by atoms with E-state index in [1.807, 2.05) is 0 Å². The van der Waals surface area contributed by atoms with Crippen molar-refractivity contribution in [1.29, 1.82) is 0 Å². The van der Waals surface area contributed by atoms with Gasteiger partial charge in [-0.2, -0.15) is 0 Å². The standard InChI is InChI=1S/C35H47Si3.3ClH.Ti/c1-25-21-26(2)23-34(22-25)38(35(6)24-27(3)28(4)29(35)5,32-17-13-30(14-18-32)36(7,8)9)33-19-15-31(16-20-33)37(10,11)12;;;;/h13-23H,1-12H3;3*1H;/q;;;;+3/p-3. The number of aryl methyl sites for hydroxylation is 2. The van der Waals surface area contributed by atoms with Crippen LogP contribution < -0.4 is 63.2 Å². The van der Waals surface area contributed by atoms with Gasteiger partial charge in [0.25, 0.3) is 0 Å². The molecule has 0 bridgehead atoms. The largest absolute Gasteiger partial charge is 1.00 e. The van der Waals surface area contributed by atoms with E-state index in [1.165, 1.54) is 48.2 Å². The van der Waals surface area contributed by atoms with E-state index < -0.39 is 24.2 Å². The molecule has 0 aliphatic heterocycles. The number of halogens is 3. The zero-order valence-corrected chi connectivity index (χ0v) is 34.3. The van der Waals surface area contributed by atoms with Gasteiger partial charge in [0, 0.05) is 0 Å². The fourth-order valence-electron chi connectivity index (χ4n) is 6.87. The Morgan fingerprint density at radius 2 is 0.833 bits per heavy atom. The second-order valence-corrected chi connectivity index (χ2v) is 29.3. The summed E-state index contributed by atoms with van der Waals surface area (Å²) in [5, 5.41) is 7.59. The Morgan fingerprint density at radius 1 is 0.500 bits per heavy atom. The number of hydrogen-bond acceptors (Lipinski definition) is 0. The van der Waals surface area contributed by atoms with Crippen molar-refractivity contribution >= 4 is 50.2 Å². The summed E-state index contributed by atoms with van der Waals surface area (Å²) in [5.41, 5.74) is 7.23. The molecule has 4 rings (SSSR count). The van der Waals surface area contributed by atoms with Gasteiger partial charge in [-0.25, -0.2) is 0 Å². The first-order valence-corrected chi connectivity index (χ1v) is 24.2. The van der Waals surface area contributed by atoms with E-state index >= 15 is 0 Å². The molecule has 0 saturated heterocycles. The van der Waals surface area contributed by atoms with E-state index in [0.717, 1.165) is 0 Å². The van der Waals surface area contributed by atoms with Gasteiger partial charge in [-0.05, 0) is 0 Å². The molecule has 0 saturated carbocycles. The van der Waals surface area contributed by atoms with Gasteiger partial charge in [-0.3, -0.25) is 0 Å². The van der Waals surface area contributed by atoms with E-state index in [-0.39, 0.29) is 42.3 Å². The number of hydrogen-bond donors (Lipinski definition) is 0. The zero-order valence-electron chi connectivity index (χ0n) is 27.5. The van der Waals surface area contributed by atoms with E-state index in [1.54, 1.807) is 9.45 Å². The van der Waals surface area contributed by atoms with Gasteiger partial charge in [0.05, 0.1) is 0 Å². The van der Waals surface area contributed by atoms with Crippen molar-refractivity contribution in [3.63, 3.8) is 0 Å². The van der Waals surface area contributed by atoms with Gasteiger partial charge >= 0.3 is 255 Å². The van der Waals surface area contributed by atoms with Crippen LogP contribution >= 0.6 is 0 Å². The zero-order chi connectivity index (χ0) is 29.1. The average molecular weight is 706 g/mol. The normalized spacial score (nSPS) is 17.5. The molecule has 0 N–H and O–H groups in total. The van der Waals surface area contributed by atoms with Gasteiger partial charge in [-0.15, -0.1) is 0 Å². The summed E-state index contributed by atoms with van der Waals surface area (Å²) in [6, 6.07) is 27.4. The summed E-state index contributed by atoms with van der Waals surface area (Å²) in [4.78, 5) is 0. The van der Waals surface area contributed by atoms with Crippen LogP contribution in [0.1, 0.15) is 38.8 Å². The van der Waals surface area contributed by atoms with Gasteiger partial charge in [0.1, 0.15) is 0 Å². The molecule has 0 heterocycles. The first-order chi connectivity index (χ1) is 18.0. The molecule has 0 amide bonds. The van der Waals surface area contributed by atoms with E-state index in [2.05, 4.69) is 168 Å². The smallest absolute Gasteiger partial charge is 1.00 e. The van der Waals surface area contributed by atoms with Crippen molar-refractivity contribution in [2.45, 2.75) is 85.9 Å². The number of rotatable bonds is 6. The Balaban J connectivity index is 0.00000294. The monoisotopic (exact) mass is 704 g/mol. The Labute approximate surface area is 289 Å². The molecule has 0 nitrogen and oxygen atoms in total. The maximum atomic E-state index is 2.58. The van der Waals surface area contributed by atoms with Crippen LogP contribution in [-0.2, 0) is 20.4 Å². The van der Waals surface area contributed by atoms with Gasteiger partial charge in [0.2, 0.25) is 0 Å². The minimum Gasteiger partial charge on any atom is -1.00 e. The fourth-order valence-corrected chi connectivity index (χ4v) is 16.9. The second-order valence-electron chi connectivity index (χ2n) is 14.2.